The zero-order valence-corrected chi connectivity index (χ0v) is 13.9. The molecule has 1 heterocycles. The largest absolute Gasteiger partial charge is 0.369 e. The van der Waals surface area contributed by atoms with Gasteiger partial charge in [-0.15, -0.1) is 0 Å². The number of benzene rings is 1. The fourth-order valence-electron chi connectivity index (χ4n) is 3.00. The van der Waals surface area contributed by atoms with Crippen molar-refractivity contribution in [3.63, 3.8) is 0 Å². The first-order chi connectivity index (χ1) is 9.74. The number of anilines is 1. The molecule has 0 bridgehead atoms. The Morgan fingerprint density at radius 3 is 2.65 bits per heavy atom. The first-order valence-corrected chi connectivity index (χ1v) is 9.05. The average molecular weight is 292 g/mol. The van der Waals surface area contributed by atoms with Crippen molar-refractivity contribution in [2.45, 2.75) is 45.7 Å². The number of thioether (sulfide) groups is 1. The number of hydrogen-bond donors (Lipinski definition) is 1. The first-order valence-electron chi connectivity index (χ1n) is 7.90. The van der Waals surface area contributed by atoms with Crippen molar-refractivity contribution in [3.05, 3.63) is 29.8 Å². The second-order valence-corrected chi connectivity index (χ2v) is 6.98. The molecule has 2 rings (SSSR count). The second-order valence-electron chi connectivity index (χ2n) is 5.59. The van der Waals surface area contributed by atoms with E-state index in [1.807, 2.05) is 11.8 Å². The summed E-state index contributed by atoms with van der Waals surface area (Å²) in [6.45, 7) is 10.1. The number of para-hydroxylation sites is 1. The number of hydrogen-bond acceptors (Lipinski definition) is 3. The van der Waals surface area contributed by atoms with Gasteiger partial charge in [-0.25, -0.2) is 0 Å². The van der Waals surface area contributed by atoms with Crippen molar-refractivity contribution in [2.75, 3.05) is 29.5 Å². The Morgan fingerprint density at radius 2 is 1.95 bits per heavy atom. The van der Waals surface area contributed by atoms with Gasteiger partial charge in [-0.2, -0.15) is 11.8 Å². The first kappa shape index (κ1) is 15.7. The number of fused-ring (bicyclic) bond motifs is 1. The maximum Gasteiger partial charge on any atom is 0.0412 e. The summed E-state index contributed by atoms with van der Waals surface area (Å²) in [4.78, 5) is 2.60. The summed E-state index contributed by atoms with van der Waals surface area (Å²) in [7, 11) is 0. The van der Waals surface area contributed by atoms with Crippen LogP contribution in [0.3, 0.4) is 0 Å². The Hall–Kier alpha value is -0.670. The van der Waals surface area contributed by atoms with Gasteiger partial charge in [0.25, 0.3) is 0 Å². The summed E-state index contributed by atoms with van der Waals surface area (Å²) in [5.41, 5.74) is 3.13. The summed E-state index contributed by atoms with van der Waals surface area (Å²) in [6.07, 6.45) is 2.38. The molecule has 0 saturated carbocycles. The molecule has 0 aliphatic carbocycles. The standard InChI is InChI=1S/C17H28N2S/c1-4-17(5-2)14-19(11-12-20-6-3)16-10-8-7-9-15(16)13-18-17/h7-10,18H,4-6,11-14H2,1-3H3. The monoisotopic (exact) mass is 292 g/mol. The second kappa shape index (κ2) is 7.37. The van der Waals surface area contributed by atoms with Gasteiger partial charge in [0, 0.05) is 36.6 Å². The van der Waals surface area contributed by atoms with E-state index in [-0.39, 0.29) is 5.54 Å². The number of nitrogens with zero attached hydrogens (tertiary/aromatic N) is 1. The summed E-state index contributed by atoms with van der Waals surface area (Å²) in [5.74, 6) is 2.43. The Morgan fingerprint density at radius 1 is 1.20 bits per heavy atom. The minimum Gasteiger partial charge on any atom is -0.369 e. The van der Waals surface area contributed by atoms with E-state index in [4.69, 9.17) is 0 Å². The van der Waals surface area contributed by atoms with E-state index in [9.17, 15) is 0 Å². The van der Waals surface area contributed by atoms with E-state index in [1.54, 1.807) is 0 Å². The average Bonchev–Trinajstić information content (AvgIpc) is 2.66. The van der Waals surface area contributed by atoms with Crippen LogP contribution in [0.1, 0.15) is 39.2 Å². The van der Waals surface area contributed by atoms with Crippen LogP contribution in [0, 0.1) is 0 Å². The van der Waals surface area contributed by atoms with Gasteiger partial charge in [0.2, 0.25) is 0 Å². The Kier molecular flexibility index (Phi) is 5.79. The molecule has 1 aromatic carbocycles. The summed E-state index contributed by atoms with van der Waals surface area (Å²) in [5, 5.41) is 3.82. The minimum absolute atomic E-state index is 0.260. The normalized spacial score (nSPS) is 17.6. The van der Waals surface area contributed by atoms with E-state index >= 15 is 0 Å². The fraction of sp³-hybridized carbons (Fsp3) is 0.647. The highest BCUT2D eigenvalue weighted by molar-refractivity contribution is 7.99. The van der Waals surface area contributed by atoms with Gasteiger partial charge in [-0.05, 0) is 30.2 Å². The van der Waals surface area contributed by atoms with Crippen LogP contribution in [0.15, 0.2) is 24.3 Å². The third kappa shape index (κ3) is 3.50. The molecule has 0 radical (unpaired) electrons. The smallest absolute Gasteiger partial charge is 0.0412 e. The molecule has 1 aromatic rings. The van der Waals surface area contributed by atoms with Gasteiger partial charge in [-0.1, -0.05) is 39.0 Å². The molecular formula is C17H28N2S. The SMILES string of the molecule is CCSCCN1CC(CC)(CC)NCc2ccccc21. The van der Waals surface area contributed by atoms with Crippen LogP contribution in [0.2, 0.25) is 0 Å². The highest BCUT2D eigenvalue weighted by atomic mass is 32.2. The summed E-state index contributed by atoms with van der Waals surface area (Å²) >= 11 is 2.04. The molecule has 0 aromatic heterocycles. The van der Waals surface area contributed by atoms with E-state index in [2.05, 4.69) is 55.3 Å². The maximum absolute atomic E-state index is 3.82. The van der Waals surface area contributed by atoms with Crippen molar-refractivity contribution in [1.29, 1.82) is 0 Å². The van der Waals surface area contributed by atoms with Gasteiger partial charge < -0.3 is 10.2 Å². The molecule has 1 aliphatic heterocycles. The zero-order valence-electron chi connectivity index (χ0n) is 13.1. The highest BCUT2D eigenvalue weighted by Crippen LogP contribution is 2.29. The van der Waals surface area contributed by atoms with Gasteiger partial charge in [0.05, 0.1) is 0 Å². The van der Waals surface area contributed by atoms with Crippen LogP contribution in [-0.2, 0) is 6.54 Å². The predicted octanol–water partition coefficient (Wildman–Crippen LogP) is 3.91. The number of rotatable bonds is 6. The lowest BCUT2D eigenvalue weighted by Gasteiger charge is -2.36. The molecule has 0 unspecified atom stereocenters. The molecule has 0 fully saturated rings. The van der Waals surface area contributed by atoms with Crippen molar-refractivity contribution in [1.82, 2.24) is 5.32 Å². The van der Waals surface area contributed by atoms with Gasteiger partial charge in [-0.3, -0.25) is 0 Å². The molecule has 0 spiro atoms. The Balaban J connectivity index is 2.22. The van der Waals surface area contributed by atoms with Crippen LogP contribution in [0.4, 0.5) is 5.69 Å². The number of nitrogens with one attached hydrogen (secondary N) is 1. The summed E-state index contributed by atoms with van der Waals surface area (Å²) in [6, 6.07) is 8.88. The molecule has 112 valence electrons. The molecule has 20 heavy (non-hydrogen) atoms. The van der Waals surface area contributed by atoms with E-state index in [0.29, 0.717) is 0 Å². The van der Waals surface area contributed by atoms with E-state index in [1.165, 1.54) is 35.6 Å². The van der Waals surface area contributed by atoms with Crippen molar-refractivity contribution in [3.8, 4) is 0 Å². The molecule has 1 N–H and O–H groups in total. The van der Waals surface area contributed by atoms with Crippen LogP contribution >= 0.6 is 11.8 Å². The Labute approximate surface area is 128 Å². The minimum atomic E-state index is 0.260. The molecular weight excluding hydrogens is 264 g/mol. The van der Waals surface area contributed by atoms with Crippen LogP contribution in [-0.4, -0.2) is 30.1 Å². The topological polar surface area (TPSA) is 15.3 Å². The van der Waals surface area contributed by atoms with Gasteiger partial charge >= 0.3 is 0 Å². The molecule has 0 saturated heterocycles. The van der Waals surface area contributed by atoms with Crippen molar-refractivity contribution < 1.29 is 0 Å². The Bertz CT molecular complexity index is 415. The zero-order chi connectivity index (χ0) is 14.4. The maximum atomic E-state index is 3.82. The van der Waals surface area contributed by atoms with Gasteiger partial charge in [0.1, 0.15) is 0 Å². The summed E-state index contributed by atoms with van der Waals surface area (Å²) < 4.78 is 0. The van der Waals surface area contributed by atoms with E-state index in [0.717, 1.165) is 19.6 Å². The third-order valence-corrected chi connectivity index (χ3v) is 5.42. The van der Waals surface area contributed by atoms with Crippen LogP contribution in [0.5, 0.6) is 0 Å². The molecule has 0 atom stereocenters. The lowest BCUT2D eigenvalue weighted by Crippen LogP contribution is -2.51. The molecule has 0 amide bonds. The molecule has 3 heteroatoms. The highest BCUT2D eigenvalue weighted by Gasteiger charge is 2.31. The van der Waals surface area contributed by atoms with Crippen LogP contribution in [0.25, 0.3) is 0 Å². The quantitative estimate of drug-likeness (QED) is 0.800. The molecule has 1 aliphatic rings. The van der Waals surface area contributed by atoms with Gasteiger partial charge in [0.15, 0.2) is 0 Å². The lowest BCUT2D eigenvalue weighted by atomic mass is 9.92. The lowest BCUT2D eigenvalue weighted by molar-refractivity contribution is 0.308. The molecule has 2 nitrogen and oxygen atoms in total. The van der Waals surface area contributed by atoms with Crippen molar-refractivity contribution >= 4 is 17.4 Å². The predicted molar refractivity (Wildman–Crippen MR) is 91.8 cm³/mol. The van der Waals surface area contributed by atoms with Crippen LogP contribution < -0.4 is 10.2 Å². The third-order valence-electron chi connectivity index (χ3n) is 4.54. The fourth-order valence-corrected chi connectivity index (χ4v) is 3.64. The van der Waals surface area contributed by atoms with E-state index < -0.39 is 0 Å². The van der Waals surface area contributed by atoms with Crippen molar-refractivity contribution in [2.24, 2.45) is 0 Å².